The van der Waals surface area contributed by atoms with Crippen molar-refractivity contribution in [2.75, 3.05) is 44.4 Å². The zero-order valence-corrected chi connectivity index (χ0v) is 25.1. The van der Waals surface area contributed by atoms with Gasteiger partial charge < -0.3 is 25.4 Å². The van der Waals surface area contributed by atoms with Gasteiger partial charge in [-0.25, -0.2) is 9.78 Å². The zero-order chi connectivity index (χ0) is 29.9. The van der Waals surface area contributed by atoms with Crippen LogP contribution in [0.2, 0.25) is 0 Å². The molecule has 8 nitrogen and oxygen atoms in total. The first kappa shape index (κ1) is 30.7. The number of aryl methyl sites for hydroxylation is 1. The van der Waals surface area contributed by atoms with E-state index in [1.165, 1.54) is 4.88 Å². The van der Waals surface area contributed by atoms with Gasteiger partial charge in [-0.3, -0.25) is 4.79 Å². The highest BCUT2D eigenvalue weighted by molar-refractivity contribution is 7.15. The Bertz CT molecular complexity index is 1450. The van der Waals surface area contributed by atoms with Gasteiger partial charge in [-0.05, 0) is 63.8 Å². The molecule has 0 bridgehead atoms. The van der Waals surface area contributed by atoms with Gasteiger partial charge in [0.25, 0.3) is 0 Å². The molecule has 0 aliphatic heterocycles. The van der Waals surface area contributed by atoms with Crippen molar-refractivity contribution in [1.82, 2.24) is 9.88 Å². The molecule has 0 saturated heterocycles. The van der Waals surface area contributed by atoms with Crippen LogP contribution in [-0.4, -0.2) is 66.6 Å². The SMILES string of the molecule is Cc1sc(NCCCN(C)C)nc1CCOc1ccc(C[C@H](Nc2ccccc2C(=O)c2ccccc2)C(=O)O)cc1. The summed E-state index contributed by atoms with van der Waals surface area (Å²) in [6.07, 6.45) is 2.01. The second kappa shape index (κ2) is 15.1. The number of aliphatic carboxylic acids is 1. The smallest absolute Gasteiger partial charge is 0.326 e. The van der Waals surface area contributed by atoms with Gasteiger partial charge in [0, 0.05) is 41.1 Å². The third-order valence-electron chi connectivity index (χ3n) is 6.76. The van der Waals surface area contributed by atoms with Crippen LogP contribution in [0.15, 0.2) is 78.9 Å². The molecule has 3 N–H and O–H groups in total. The molecular formula is C33H38N4O4S. The summed E-state index contributed by atoms with van der Waals surface area (Å²) < 4.78 is 5.96. The van der Waals surface area contributed by atoms with Crippen LogP contribution in [0.4, 0.5) is 10.8 Å². The second-order valence-electron chi connectivity index (χ2n) is 10.3. The van der Waals surface area contributed by atoms with Crippen molar-refractivity contribution in [3.8, 4) is 5.75 Å². The van der Waals surface area contributed by atoms with Crippen molar-refractivity contribution in [2.24, 2.45) is 0 Å². The lowest BCUT2D eigenvalue weighted by molar-refractivity contribution is -0.137. The van der Waals surface area contributed by atoms with Gasteiger partial charge in [-0.1, -0.05) is 54.6 Å². The predicted octanol–water partition coefficient (Wildman–Crippen LogP) is 5.78. The van der Waals surface area contributed by atoms with E-state index in [4.69, 9.17) is 9.72 Å². The Hall–Kier alpha value is -4.21. The number of ketones is 1. The zero-order valence-electron chi connectivity index (χ0n) is 24.3. The molecule has 0 unspecified atom stereocenters. The fourth-order valence-corrected chi connectivity index (χ4v) is 5.37. The van der Waals surface area contributed by atoms with Crippen LogP contribution in [-0.2, 0) is 17.6 Å². The number of carboxylic acid groups (broad SMARTS) is 1. The topological polar surface area (TPSA) is 104 Å². The minimum atomic E-state index is -0.998. The highest BCUT2D eigenvalue weighted by atomic mass is 32.1. The average molecular weight is 587 g/mol. The number of para-hydroxylation sites is 1. The lowest BCUT2D eigenvalue weighted by atomic mass is 10.00. The Labute approximate surface area is 251 Å². The molecule has 1 atom stereocenters. The summed E-state index contributed by atoms with van der Waals surface area (Å²) in [6, 6.07) is 22.5. The molecule has 0 amide bonds. The second-order valence-corrected chi connectivity index (χ2v) is 11.5. The van der Waals surface area contributed by atoms with E-state index in [9.17, 15) is 14.7 Å². The summed E-state index contributed by atoms with van der Waals surface area (Å²) in [5.74, 6) is -0.445. The number of rotatable bonds is 16. The Morgan fingerprint density at radius 1 is 1.00 bits per heavy atom. The number of carbonyl (C=O) groups excluding carboxylic acids is 1. The molecule has 42 heavy (non-hydrogen) atoms. The van der Waals surface area contributed by atoms with Crippen molar-refractivity contribution in [3.63, 3.8) is 0 Å². The molecule has 0 aliphatic rings. The molecule has 1 heterocycles. The van der Waals surface area contributed by atoms with Crippen molar-refractivity contribution in [3.05, 3.63) is 106 Å². The highest BCUT2D eigenvalue weighted by Crippen LogP contribution is 2.24. The summed E-state index contributed by atoms with van der Waals surface area (Å²) in [7, 11) is 4.14. The standard InChI is InChI=1S/C33H38N4O4S/c1-23-28(36-33(42-23)34-19-9-20-37(2)3)18-21-41-26-16-14-24(15-17-26)22-30(32(39)40)35-29-13-8-7-12-27(29)31(38)25-10-5-4-6-11-25/h4-8,10-17,30,35H,9,18-22H2,1-3H3,(H,34,36)(H,39,40)/t30-/m0/s1. The number of carbonyl (C=O) groups is 2. The molecule has 0 aliphatic carbocycles. The van der Waals surface area contributed by atoms with Crippen LogP contribution < -0.4 is 15.4 Å². The number of nitrogens with zero attached hydrogens (tertiary/aromatic N) is 2. The first-order valence-corrected chi connectivity index (χ1v) is 14.9. The number of aromatic nitrogens is 1. The Balaban J connectivity index is 1.31. The number of hydrogen-bond acceptors (Lipinski definition) is 8. The van der Waals surface area contributed by atoms with Crippen molar-refractivity contribution < 1.29 is 19.4 Å². The van der Waals surface area contributed by atoms with Crippen molar-refractivity contribution in [2.45, 2.75) is 32.2 Å². The fourth-order valence-electron chi connectivity index (χ4n) is 4.49. The normalized spacial score (nSPS) is 11.7. The predicted molar refractivity (Wildman–Crippen MR) is 169 cm³/mol. The molecule has 4 aromatic rings. The molecule has 3 aromatic carbocycles. The maximum Gasteiger partial charge on any atom is 0.326 e. The van der Waals surface area contributed by atoms with Crippen LogP contribution >= 0.6 is 11.3 Å². The number of nitrogens with one attached hydrogen (secondary N) is 2. The Morgan fingerprint density at radius 3 is 2.43 bits per heavy atom. The van der Waals surface area contributed by atoms with E-state index in [0.717, 1.165) is 35.9 Å². The third-order valence-corrected chi connectivity index (χ3v) is 7.73. The van der Waals surface area contributed by atoms with Gasteiger partial charge in [0.2, 0.25) is 0 Å². The number of benzene rings is 3. The first-order chi connectivity index (χ1) is 20.3. The number of ether oxygens (including phenoxy) is 1. The molecule has 0 fully saturated rings. The van der Waals surface area contributed by atoms with E-state index < -0.39 is 12.0 Å². The monoisotopic (exact) mass is 586 g/mol. The molecule has 0 radical (unpaired) electrons. The van der Waals surface area contributed by atoms with Crippen LogP contribution in [0.5, 0.6) is 5.75 Å². The van der Waals surface area contributed by atoms with Crippen molar-refractivity contribution in [1.29, 1.82) is 0 Å². The van der Waals surface area contributed by atoms with E-state index in [0.29, 0.717) is 35.6 Å². The summed E-state index contributed by atoms with van der Waals surface area (Å²) in [6.45, 7) is 4.50. The quantitative estimate of drug-likeness (QED) is 0.112. The number of thiazole rings is 1. The summed E-state index contributed by atoms with van der Waals surface area (Å²) in [5.41, 5.74) is 3.35. The van der Waals surface area contributed by atoms with Gasteiger partial charge in [0.05, 0.1) is 12.3 Å². The van der Waals surface area contributed by atoms with Gasteiger partial charge in [0.1, 0.15) is 11.8 Å². The van der Waals surface area contributed by atoms with E-state index in [2.05, 4.69) is 36.6 Å². The number of carboxylic acids is 1. The minimum absolute atomic E-state index is 0.162. The lowest BCUT2D eigenvalue weighted by Gasteiger charge is -2.18. The first-order valence-electron chi connectivity index (χ1n) is 14.0. The number of hydrogen-bond donors (Lipinski definition) is 3. The van der Waals surface area contributed by atoms with Gasteiger partial charge in [-0.15, -0.1) is 11.3 Å². The minimum Gasteiger partial charge on any atom is -0.493 e. The Kier molecular flexibility index (Phi) is 11.1. The van der Waals surface area contributed by atoms with Crippen LogP contribution in [0.1, 0.15) is 38.5 Å². The molecule has 1 aromatic heterocycles. The summed E-state index contributed by atoms with van der Waals surface area (Å²) >= 11 is 1.67. The van der Waals surface area contributed by atoms with E-state index in [-0.39, 0.29) is 12.2 Å². The summed E-state index contributed by atoms with van der Waals surface area (Å²) in [5, 5.41) is 17.4. The third kappa shape index (κ3) is 8.89. The highest BCUT2D eigenvalue weighted by Gasteiger charge is 2.21. The molecule has 0 saturated carbocycles. The van der Waals surface area contributed by atoms with Crippen LogP contribution in [0.3, 0.4) is 0 Å². The molecule has 4 rings (SSSR count). The van der Waals surface area contributed by atoms with Crippen LogP contribution in [0, 0.1) is 6.92 Å². The van der Waals surface area contributed by atoms with Gasteiger partial charge in [-0.2, -0.15) is 0 Å². The van der Waals surface area contributed by atoms with E-state index >= 15 is 0 Å². The van der Waals surface area contributed by atoms with Crippen LogP contribution in [0.25, 0.3) is 0 Å². The maximum atomic E-state index is 13.1. The molecule has 0 spiro atoms. The largest absolute Gasteiger partial charge is 0.493 e. The molecular weight excluding hydrogens is 548 g/mol. The Morgan fingerprint density at radius 2 is 1.71 bits per heavy atom. The van der Waals surface area contributed by atoms with Gasteiger partial charge in [0.15, 0.2) is 10.9 Å². The fraction of sp³-hybridized carbons (Fsp3) is 0.303. The van der Waals surface area contributed by atoms with Crippen molar-refractivity contribution >= 4 is 33.9 Å². The molecule has 9 heteroatoms. The lowest BCUT2D eigenvalue weighted by Crippen LogP contribution is -2.32. The number of anilines is 2. The molecule has 220 valence electrons. The van der Waals surface area contributed by atoms with E-state index in [1.807, 2.05) is 30.3 Å². The average Bonchev–Trinajstić information content (AvgIpc) is 3.34. The maximum absolute atomic E-state index is 13.1. The summed E-state index contributed by atoms with van der Waals surface area (Å²) in [4.78, 5) is 33.3. The van der Waals surface area contributed by atoms with Gasteiger partial charge >= 0.3 is 5.97 Å². The van der Waals surface area contributed by atoms with E-state index in [1.54, 1.807) is 59.9 Å².